The molecule has 2 aromatic rings. The highest BCUT2D eigenvalue weighted by Gasteiger charge is 1.81. The molecule has 9 heteroatoms. The molecule has 0 unspecified atom stereocenters. The van der Waals surface area contributed by atoms with Gasteiger partial charge in [-0.25, -0.2) is 0 Å². The molecular weight excluding hydrogens is 248 g/mol. The molecular formula is C10H10N8O. The maximum atomic E-state index is 4.73. The molecule has 0 atom stereocenters. The van der Waals surface area contributed by atoms with Gasteiger partial charge in [-0.15, -0.1) is 25.3 Å². The van der Waals surface area contributed by atoms with Gasteiger partial charge in [0.25, 0.3) is 0 Å². The molecule has 2 rings (SSSR count). The summed E-state index contributed by atoms with van der Waals surface area (Å²) in [4.78, 5) is 4.73. The number of rotatable bonds is 4. The smallest absolute Gasteiger partial charge is 0.157 e. The third kappa shape index (κ3) is 4.83. The third-order valence-electron chi connectivity index (χ3n) is 1.75. The molecule has 96 valence electrons. The molecule has 0 radical (unpaired) electrons. The Kier molecular flexibility index (Phi) is 4.87. The van der Waals surface area contributed by atoms with Crippen LogP contribution in [0.2, 0.25) is 0 Å². The van der Waals surface area contributed by atoms with E-state index in [-0.39, 0.29) is 0 Å². The zero-order valence-electron chi connectivity index (χ0n) is 9.71. The Hall–Kier alpha value is -2.94. The molecule has 0 aliphatic carbocycles. The van der Waals surface area contributed by atoms with Crippen molar-refractivity contribution in [3.8, 4) is 0 Å². The zero-order chi connectivity index (χ0) is 13.2. The van der Waals surface area contributed by atoms with E-state index < -0.39 is 0 Å². The first kappa shape index (κ1) is 12.5. The average Bonchev–Trinajstić information content (AvgIpc) is 2.83. The van der Waals surface area contributed by atoms with Crippen LogP contribution in [0, 0.1) is 0 Å². The van der Waals surface area contributed by atoms with Gasteiger partial charge in [0.15, 0.2) is 11.0 Å². The van der Waals surface area contributed by atoms with E-state index in [9.17, 15) is 0 Å². The fraction of sp³-hybridized carbons (Fsp3) is 0. The topological polar surface area (TPSA) is 110 Å². The first-order chi connectivity index (χ1) is 9.45. The lowest BCUT2D eigenvalue weighted by molar-refractivity contribution is -0.0407. The van der Waals surface area contributed by atoms with Crippen LogP contribution in [0.15, 0.2) is 59.0 Å². The van der Waals surface area contributed by atoms with Crippen LogP contribution in [-0.2, 0) is 4.94 Å². The van der Waals surface area contributed by atoms with E-state index in [1.54, 1.807) is 48.8 Å². The monoisotopic (exact) mass is 258 g/mol. The maximum absolute atomic E-state index is 4.73. The lowest BCUT2D eigenvalue weighted by Crippen LogP contribution is -2.23. The average molecular weight is 258 g/mol. The molecule has 2 N–H and O–H groups in total. The number of hydrogen-bond donors (Lipinski definition) is 2. The minimum absolute atomic E-state index is 0.359. The Morgan fingerprint density at radius 1 is 0.789 bits per heavy atom. The molecule has 0 fully saturated rings. The Balaban J connectivity index is 1.89. The molecule has 0 saturated heterocycles. The Morgan fingerprint density at radius 3 is 1.84 bits per heavy atom. The first-order valence-corrected chi connectivity index (χ1v) is 5.24. The van der Waals surface area contributed by atoms with Crippen molar-refractivity contribution >= 4 is 0 Å². The van der Waals surface area contributed by atoms with Crippen molar-refractivity contribution in [3.63, 3.8) is 0 Å². The van der Waals surface area contributed by atoms with Crippen LogP contribution < -0.4 is 22.2 Å². The predicted octanol–water partition coefficient (Wildman–Crippen LogP) is -1.38. The largest absolute Gasteiger partial charge is 0.196 e. The number of aromatic nitrogens is 4. The van der Waals surface area contributed by atoms with Crippen molar-refractivity contribution in [1.29, 1.82) is 0 Å². The van der Waals surface area contributed by atoms with Crippen LogP contribution in [0.1, 0.15) is 0 Å². The summed E-state index contributed by atoms with van der Waals surface area (Å²) < 4.78 is 0. The van der Waals surface area contributed by atoms with Gasteiger partial charge in [0.2, 0.25) is 0 Å². The van der Waals surface area contributed by atoms with Crippen LogP contribution in [0.5, 0.6) is 0 Å². The second-order valence-corrected chi connectivity index (χ2v) is 3.06. The van der Waals surface area contributed by atoms with E-state index >= 15 is 0 Å². The quantitative estimate of drug-likeness (QED) is 0.514. The van der Waals surface area contributed by atoms with E-state index in [1.807, 2.05) is 0 Å². The van der Waals surface area contributed by atoms with Crippen LogP contribution >= 0.6 is 0 Å². The highest BCUT2D eigenvalue weighted by Crippen LogP contribution is 1.69. The van der Waals surface area contributed by atoms with Gasteiger partial charge in [-0.3, -0.25) is 0 Å². The predicted molar refractivity (Wildman–Crippen MR) is 62.5 cm³/mol. The fourth-order valence-corrected chi connectivity index (χ4v) is 0.990. The van der Waals surface area contributed by atoms with Gasteiger partial charge in [-0.2, -0.15) is 21.4 Å². The summed E-state index contributed by atoms with van der Waals surface area (Å²) in [6.45, 7) is 0. The SMILES string of the molecule is c1ccc(=NNONN=c2ccccnn2)nnc1. The van der Waals surface area contributed by atoms with Gasteiger partial charge in [0.05, 0.1) is 0 Å². The molecule has 0 bridgehead atoms. The van der Waals surface area contributed by atoms with E-state index in [4.69, 9.17) is 4.94 Å². The van der Waals surface area contributed by atoms with Crippen molar-refractivity contribution in [2.45, 2.75) is 0 Å². The van der Waals surface area contributed by atoms with Gasteiger partial charge >= 0.3 is 0 Å². The fourth-order valence-electron chi connectivity index (χ4n) is 0.990. The Morgan fingerprint density at radius 2 is 1.32 bits per heavy atom. The minimum Gasteiger partial charge on any atom is -0.157 e. The molecule has 0 spiro atoms. The van der Waals surface area contributed by atoms with Crippen molar-refractivity contribution in [2.75, 3.05) is 0 Å². The van der Waals surface area contributed by atoms with Crippen LogP contribution in [0.3, 0.4) is 0 Å². The summed E-state index contributed by atoms with van der Waals surface area (Å²) in [5, 5.41) is 22.5. The molecule has 2 aromatic heterocycles. The summed E-state index contributed by atoms with van der Waals surface area (Å²) in [6.07, 6.45) is 3.09. The van der Waals surface area contributed by atoms with E-state index in [1.165, 1.54) is 0 Å². The van der Waals surface area contributed by atoms with Crippen molar-refractivity contribution in [2.24, 2.45) is 10.2 Å². The highest BCUT2D eigenvalue weighted by atomic mass is 16.8. The second-order valence-electron chi connectivity index (χ2n) is 3.06. The van der Waals surface area contributed by atoms with Crippen molar-refractivity contribution in [3.05, 3.63) is 59.8 Å². The Bertz CT molecular complexity index is 547. The van der Waals surface area contributed by atoms with E-state index in [0.29, 0.717) is 11.0 Å². The van der Waals surface area contributed by atoms with Crippen molar-refractivity contribution < 1.29 is 4.94 Å². The molecule has 2 heterocycles. The molecule has 19 heavy (non-hydrogen) atoms. The standard InChI is InChI=1S/C10H10N8O/c1-3-7-11-13-9(5-1)15-17-19-18-16-10-6-2-4-8-12-14-10/h1-8,17-18H. The van der Waals surface area contributed by atoms with Gasteiger partial charge in [0.1, 0.15) is 0 Å². The second kappa shape index (κ2) is 7.40. The maximum Gasteiger partial charge on any atom is 0.196 e. The molecule has 0 amide bonds. The summed E-state index contributed by atoms with van der Waals surface area (Å²) in [5.41, 5.74) is 5.24. The lowest BCUT2D eigenvalue weighted by Gasteiger charge is -1.95. The van der Waals surface area contributed by atoms with Gasteiger partial charge < -0.3 is 0 Å². The van der Waals surface area contributed by atoms with Gasteiger partial charge in [-0.05, 0) is 24.3 Å². The lowest BCUT2D eigenvalue weighted by atomic mass is 10.6. The summed E-state index contributed by atoms with van der Waals surface area (Å²) in [5.74, 6) is 0. The van der Waals surface area contributed by atoms with E-state index in [2.05, 4.69) is 41.8 Å². The molecule has 0 saturated carbocycles. The first-order valence-electron chi connectivity index (χ1n) is 5.24. The van der Waals surface area contributed by atoms with Crippen LogP contribution in [0.25, 0.3) is 0 Å². The van der Waals surface area contributed by atoms with E-state index in [0.717, 1.165) is 0 Å². The van der Waals surface area contributed by atoms with Crippen molar-refractivity contribution in [1.82, 2.24) is 31.6 Å². The number of nitrogens with zero attached hydrogens (tertiary/aromatic N) is 6. The van der Waals surface area contributed by atoms with Crippen LogP contribution in [0.4, 0.5) is 0 Å². The van der Waals surface area contributed by atoms with Gasteiger partial charge in [-0.1, -0.05) is 12.1 Å². The highest BCUT2D eigenvalue weighted by molar-refractivity contribution is 4.86. The van der Waals surface area contributed by atoms with Gasteiger partial charge in [0, 0.05) is 12.4 Å². The van der Waals surface area contributed by atoms with Crippen LogP contribution in [-0.4, -0.2) is 20.4 Å². The molecule has 0 aromatic carbocycles. The normalized spacial score (nSPS) is 12.0. The number of hydrogen-bond acceptors (Lipinski definition) is 9. The minimum atomic E-state index is 0.359. The summed E-state index contributed by atoms with van der Waals surface area (Å²) in [6, 6.07) is 10.3. The molecule has 0 aliphatic heterocycles. The Labute approximate surface area is 107 Å². The zero-order valence-corrected chi connectivity index (χ0v) is 9.71. The summed E-state index contributed by atoms with van der Waals surface area (Å²) in [7, 11) is 0. The number of nitrogens with one attached hydrogen (secondary N) is 2. The summed E-state index contributed by atoms with van der Waals surface area (Å²) >= 11 is 0. The third-order valence-corrected chi connectivity index (χ3v) is 1.75. The molecule has 9 nitrogen and oxygen atoms in total. The molecule has 0 aliphatic rings.